The van der Waals surface area contributed by atoms with Crippen molar-refractivity contribution in [2.24, 2.45) is 0 Å². The average Bonchev–Trinajstić information content (AvgIpc) is 3.27. The number of hydrogen-bond acceptors (Lipinski definition) is 7. The highest BCUT2D eigenvalue weighted by molar-refractivity contribution is 7.16. The predicted molar refractivity (Wildman–Crippen MR) is 120 cm³/mol. The number of ether oxygens (including phenoxy) is 1. The number of carbonyl (C=O) groups is 1. The fraction of sp³-hybridized carbons (Fsp3) is 0.409. The first kappa shape index (κ1) is 21.5. The Morgan fingerprint density at radius 2 is 2.03 bits per heavy atom. The zero-order valence-corrected chi connectivity index (χ0v) is 18.7. The molecule has 1 atom stereocenters. The summed E-state index contributed by atoms with van der Waals surface area (Å²) in [5.41, 5.74) is 0.731. The summed E-state index contributed by atoms with van der Waals surface area (Å²) in [4.78, 5) is 28.9. The summed E-state index contributed by atoms with van der Waals surface area (Å²) in [6.45, 7) is 5.42. The van der Waals surface area contributed by atoms with Crippen LogP contribution in [0.5, 0.6) is 5.75 Å². The summed E-state index contributed by atoms with van der Waals surface area (Å²) in [7, 11) is 3.19. The topological polar surface area (TPSA) is 61.8 Å². The number of thiophene rings is 1. The Morgan fingerprint density at radius 3 is 2.74 bits per heavy atom. The van der Waals surface area contributed by atoms with Crippen molar-refractivity contribution in [3.8, 4) is 5.75 Å². The molecule has 1 aliphatic heterocycles. The van der Waals surface area contributed by atoms with Crippen molar-refractivity contribution in [3.63, 3.8) is 0 Å². The second kappa shape index (κ2) is 9.15. The summed E-state index contributed by atoms with van der Waals surface area (Å²) in [6, 6.07) is 6.59. The van der Waals surface area contributed by atoms with Crippen LogP contribution in [0.4, 0.5) is 10.2 Å². The largest absolute Gasteiger partial charge is 0.494 e. The molecule has 1 aromatic carbocycles. The molecule has 1 unspecified atom stereocenters. The predicted octanol–water partition coefficient (Wildman–Crippen LogP) is 3.01. The third kappa shape index (κ3) is 4.47. The molecule has 0 bridgehead atoms. The van der Waals surface area contributed by atoms with Gasteiger partial charge in [-0.1, -0.05) is 6.07 Å². The lowest BCUT2D eigenvalue weighted by Crippen LogP contribution is -2.54. The second-order valence-corrected chi connectivity index (χ2v) is 8.59. The van der Waals surface area contributed by atoms with E-state index >= 15 is 0 Å². The minimum absolute atomic E-state index is 0.0203. The van der Waals surface area contributed by atoms with Crippen LogP contribution in [0.15, 0.2) is 36.0 Å². The monoisotopic (exact) mass is 443 g/mol. The van der Waals surface area contributed by atoms with Crippen molar-refractivity contribution in [2.45, 2.75) is 19.5 Å². The van der Waals surface area contributed by atoms with Gasteiger partial charge in [-0.05, 0) is 36.1 Å². The fourth-order valence-electron chi connectivity index (χ4n) is 3.99. The van der Waals surface area contributed by atoms with Gasteiger partial charge >= 0.3 is 0 Å². The fourth-order valence-corrected chi connectivity index (χ4v) is 4.71. The van der Waals surface area contributed by atoms with Crippen LogP contribution in [0.25, 0.3) is 10.2 Å². The number of fused-ring (bicyclic) bond motifs is 1. The number of aromatic nitrogens is 2. The minimum atomic E-state index is -0.422. The van der Waals surface area contributed by atoms with Crippen molar-refractivity contribution in [1.82, 2.24) is 19.8 Å². The molecule has 9 heteroatoms. The van der Waals surface area contributed by atoms with Crippen LogP contribution < -0.4 is 9.64 Å². The number of carbonyl (C=O) groups excluding carboxylic acids is 1. The maximum Gasteiger partial charge on any atom is 0.239 e. The van der Waals surface area contributed by atoms with Gasteiger partial charge in [0.05, 0.1) is 18.5 Å². The second-order valence-electron chi connectivity index (χ2n) is 7.70. The summed E-state index contributed by atoms with van der Waals surface area (Å²) < 4.78 is 18.9. The summed E-state index contributed by atoms with van der Waals surface area (Å²) in [6.07, 6.45) is 1.61. The molecule has 0 radical (unpaired) electrons. The van der Waals surface area contributed by atoms with Crippen molar-refractivity contribution >= 4 is 33.3 Å². The molecule has 0 aliphatic carbocycles. The normalized spacial score (nSPS) is 15.8. The van der Waals surface area contributed by atoms with E-state index in [1.165, 1.54) is 13.2 Å². The number of anilines is 1. The molecule has 0 saturated carbocycles. The van der Waals surface area contributed by atoms with Crippen molar-refractivity contribution in [1.29, 1.82) is 0 Å². The molecule has 7 nitrogen and oxygen atoms in total. The molecule has 1 aliphatic rings. The Hall–Kier alpha value is -2.78. The molecule has 31 heavy (non-hydrogen) atoms. The van der Waals surface area contributed by atoms with Crippen LogP contribution in [0.2, 0.25) is 0 Å². The molecular formula is C22H26FN5O2S. The molecule has 2 aromatic heterocycles. The van der Waals surface area contributed by atoms with Crippen LogP contribution in [0, 0.1) is 5.82 Å². The zero-order chi connectivity index (χ0) is 22.0. The summed E-state index contributed by atoms with van der Waals surface area (Å²) >= 11 is 1.61. The average molecular weight is 444 g/mol. The highest BCUT2D eigenvalue weighted by Crippen LogP contribution is 2.27. The quantitative estimate of drug-likeness (QED) is 0.584. The number of likely N-dealkylation sites (N-methyl/N-ethyl adjacent to an activating group) is 1. The maximum atomic E-state index is 14.0. The third-order valence-corrected chi connectivity index (χ3v) is 6.59. The smallest absolute Gasteiger partial charge is 0.239 e. The molecule has 0 N–H and O–H groups in total. The summed E-state index contributed by atoms with van der Waals surface area (Å²) in [5, 5.41) is 3.11. The van der Waals surface area contributed by atoms with Crippen LogP contribution in [0.3, 0.4) is 0 Å². The number of halogens is 1. The Morgan fingerprint density at radius 1 is 1.26 bits per heavy atom. The lowest BCUT2D eigenvalue weighted by molar-refractivity contribution is -0.135. The van der Waals surface area contributed by atoms with Crippen molar-refractivity contribution < 1.29 is 13.9 Å². The van der Waals surface area contributed by atoms with E-state index < -0.39 is 5.82 Å². The Bertz CT molecular complexity index is 1070. The van der Waals surface area contributed by atoms with Gasteiger partial charge in [0, 0.05) is 39.8 Å². The number of amides is 1. The van der Waals surface area contributed by atoms with Gasteiger partial charge in [0.15, 0.2) is 11.6 Å². The first-order valence-electron chi connectivity index (χ1n) is 10.2. The van der Waals surface area contributed by atoms with E-state index in [-0.39, 0.29) is 17.7 Å². The Kier molecular flexibility index (Phi) is 6.33. The van der Waals surface area contributed by atoms with E-state index in [2.05, 4.69) is 25.8 Å². The first-order valence-corrected chi connectivity index (χ1v) is 11.1. The molecular weight excluding hydrogens is 417 g/mol. The number of rotatable bonds is 6. The van der Waals surface area contributed by atoms with Gasteiger partial charge in [-0.15, -0.1) is 11.3 Å². The molecule has 0 spiro atoms. The van der Waals surface area contributed by atoms with Gasteiger partial charge in [0.25, 0.3) is 0 Å². The number of benzene rings is 1. The van der Waals surface area contributed by atoms with Gasteiger partial charge in [-0.3, -0.25) is 9.69 Å². The van der Waals surface area contributed by atoms with E-state index in [0.29, 0.717) is 6.54 Å². The third-order valence-electron chi connectivity index (χ3n) is 5.77. The molecule has 1 fully saturated rings. The first-order chi connectivity index (χ1) is 15.0. The minimum Gasteiger partial charge on any atom is -0.494 e. The molecule has 164 valence electrons. The lowest BCUT2D eigenvalue weighted by Gasteiger charge is -2.39. The van der Waals surface area contributed by atoms with Crippen LogP contribution in [0.1, 0.15) is 12.5 Å². The van der Waals surface area contributed by atoms with E-state index in [0.717, 1.165) is 47.8 Å². The Labute approximate surface area is 185 Å². The maximum absolute atomic E-state index is 14.0. The number of nitrogens with zero attached hydrogens (tertiary/aromatic N) is 5. The number of methoxy groups -OCH3 is 1. The molecule has 3 heterocycles. The molecule has 1 amide bonds. The molecule has 3 aromatic rings. The SMILES string of the molecule is COc1ccc(CN(C)C(=O)C(C)N2CCN(c3ncnc4sccc34)CC2)cc1F. The summed E-state index contributed by atoms with van der Waals surface area (Å²) in [5.74, 6) is 0.761. The number of piperazine rings is 1. The van der Waals surface area contributed by atoms with Crippen molar-refractivity contribution in [2.75, 3.05) is 45.2 Å². The van der Waals surface area contributed by atoms with Crippen LogP contribution in [-0.4, -0.2) is 72.1 Å². The van der Waals surface area contributed by atoms with Gasteiger partial charge in [-0.2, -0.15) is 0 Å². The van der Waals surface area contributed by atoms with Crippen LogP contribution >= 0.6 is 11.3 Å². The van der Waals surface area contributed by atoms with E-state index in [9.17, 15) is 9.18 Å². The standard InChI is InChI=1S/C22H26FN5O2S/c1-15(22(29)26(2)13-16-4-5-19(30-3)18(23)12-16)27-7-9-28(10-8-27)20-17-6-11-31-21(17)25-14-24-20/h4-6,11-12,14-15H,7-10,13H2,1-3H3. The molecule has 1 saturated heterocycles. The number of hydrogen-bond donors (Lipinski definition) is 0. The highest BCUT2D eigenvalue weighted by Gasteiger charge is 2.28. The Balaban J connectivity index is 1.35. The van der Waals surface area contributed by atoms with Crippen LogP contribution in [-0.2, 0) is 11.3 Å². The van der Waals surface area contributed by atoms with Gasteiger partial charge in [0.2, 0.25) is 5.91 Å². The lowest BCUT2D eigenvalue weighted by atomic mass is 10.1. The van der Waals surface area contributed by atoms with E-state index in [1.54, 1.807) is 41.7 Å². The van der Waals surface area contributed by atoms with Crippen molar-refractivity contribution in [3.05, 3.63) is 47.4 Å². The van der Waals surface area contributed by atoms with Gasteiger partial charge in [0.1, 0.15) is 17.0 Å². The van der Waals surface area contributed by atoms with E-state index in [4.69, 9.17) is 4.74 Å². The molecule has 4 rings (SSSR count). The zero-order valence-electron chi connectivity index (χ0n) is 17.9. The highest BCUT2D eigenvalue weighted by atomic mass is 32.1. The van der Waals surface area contributed by atoms with Gasteiger partial charge < -0.3 is 14.5 Å². The van der Waals surface area contributed by atoms with Gasteiger partial charge in [-0.25, -0.2) is 14.4 Å². The van der Waals surface area contributed by atoms with E-state index in [1.807, 2.05) is 12.3 Å².